The first-order valence-electron chi connectivity index (χ1n) is 21.7. The van der Waals surface area contributed by atoms with Gasteiger partial charge in [0.15, 0.2) is 0 Å². The topological polar surface area (TPSA) is 181 Å². The number of carbonyl (C=O) groups is 6. The van der Waals surface area contributed by atoms with Gasteiger partial charge in [-0.15, -0.1) is 0 Å². The van der Waals surface area contributed by atoms with Crippen molar-refractivity contribution in [1.82, 2.24) is 20.8 Å². The first-order chi connectivity index (χ1) is 27.9. The molecule has 14 nitrogen and oxygen atoms in total. The predicted octanol–water partition coefficient (Wildman–Crippen LogP) is 7.06. The Bertz CT molecular complexity index is 1420. The minimum Gasteiger partial charge on any atom is -0.461 e. The molecule has 2 aliphatic carbocycles. The number of nitrogens with zero attached hydrogens (tertiary/aromatic N) is 2. The van der Waals surface area contributed by atoms with E-state index in [-0.39, 0.29) is 56.1 Å². The summed E-state index contributed by atoms with van der Waals surface area (Å²) >= 11 is 0. The number of unbranched alkanes of at least 4 members (excludes halogenated alkanes) is 2. The summed E-state index contributed by atoms with van der Waals surface area (Å²) in [5, 5.41) is 16.8. The second-order valence-corrected chi connectivity index (χ2v) is 18.2. The van der Waals surface area contributed by atoms with Crippen molar-refractivity contribution in [3.8, 4) is 0 Å². The third-order valence-electron chi connectivity index (χ3n) is 10.8. The van der Waals surface area contributed by atoms with Crippen LogP contribution in [0.15, 0.2) is 30.3 Å². The molecule has 59 heavy (non-hydrogen) atoms. The molecule has 334 valence electrons. The lowest BCUT2D eigenvalue weighted by Gasteiger charge is -2.32. The molecular weight excluding hydrogens is 757 g/mol. The van der Waals surface area contributed by atoms with Crippen molar-refractivity contribution >= 4 is 36.6 Å². The number of hydrogen-bond acceptors (Lipinski definition) is 10. The fourth-order valence-electron chi connectivity index (χ4n) is 7.11. The fourth-order valence-corrected chi connectivity index (χ4v) is 7.11. The van der Waals surface area contributed by atoms with Gasteiger partial charge in [-0.3, -0.25) is 29.2 Å². The van der Waals surface area contributed by atoms with Crippen LogP contribution in [0, 0.1) is 22.7 Å². The molecule has 0 heterocycles. The molecule has 2 fully saturated rings. The molecule has 4 atom stereocenters. The van der Waals surface area contributed by atoms with Crippen LogP contribution in [0.4, 0.5) is 0 Å². The van der Waals surface area contributed by atoms with Crippen LogP contribution in [0.2, 0.25) is 0 Å². The molecule has 3 N–H and O–H groups in total. The van der Waals surface area contributed by atoms with Crippen LogP contribution in [-0.2, 0) is 49.7 Å². The lowest BCUT2D eigenvalue weighted by Crippen LogP contribution is -2.53. The van der Waals surface area contributed by atoms with Gasteiger partial charge in [-0.1, -0.05) is 111 Å². The first-order valence-corrected chi connectivity index (χ1v) is 21.7. The molecule has 0 unspecified atom stereocenters. The van der Waals surface area contributed by atoms with Gasteiger partial charge in [0.1, 0.15) is 30.9 Å². The van der Waals surface area contributed by atoms with Crippen LogP contribution >= 0.6 is 0 Å². The van der Waals surface area contributed by atoms with Gasteiger partial charge in [-0.2, -0.15) is 0 Å². The summed E-state index contributed by atoms with van der Waals surface area (Å²) in [6.07, 6.45) is 13.0. The lowest BCUT2D eigenvalue weighted by atomic mass is 9.86. The quantitative estimate of drug-likeness (QED) is 0.0447. The Kier molecular flexibility index (Phi) is 22.7. The molecule has 0 aromatic heterocycles. The standard InChI is InChI=1S/C26H40N2O5.C19H34N2O5/c1-5-6-14-21(17-28(19-29)32-18-20-12-8-7-9-13-20)24(30)27-23(26(2,3)4)25(31)33-22-15-10-11-16-22;1-5-6-9-14(12-21(25)13-22)17(23)20-16(19(2,3)4)18(24)26-15-10-7-8-11-15/h7-9,12-13,19,21-23H,5-6,10-11,14-18H2,1-4H3,(H,27,30);13-16,25H,5-12H2,1-4H3,(H,20,23)/t21-,23-;14-,16-/m11/s1. The van der Waals surface area contributed by atoms with E-state index in [4.69, 9.17) is 14.3 Å². The number of amides is 4. The van der Waals surface area contributed by atoms with Gasteiger partial charge in [-0.25, -0.2) is 19.7 Å². The average Bonchev–Trinajstić information content (AvgIpc) is 3.91. The smallest absolute Gasteiger partial charge is 0.329 e. The van der Waals surface area contributed by atoms with Gasteiger partial charge in [-0.05, 0) is 80.6 Å². The molecule has 2 aliphatic rings. The highest BCUT2D eigenvalue weighted by atomic mass is 16.7. The highest BCUT2D eigenvalue weighted by Gasteiger charge is 2.39. The molecule has 0 bridgehead atoms. The number of ether oxygens (including phenoxy) is 2. The molecule has 3 rings (SSSR count). The van der Waals surface area contributed by atoms with E-state index in [2.05, 4.69) is 17.6 Å². The summed E-state index contributed by atoms with van der Waals surface area (Å²) < 4.78 is 11.3. The number of nitrogens with one attached hydrogen (secondary N) is 2. The molecule has 0 spiro atoms. The van der Waals surface area contributed by atoms with Crippen molar-refractivity contribution in [3.05, 3.63) is 35.9 Å². The SMILES string of the molecule is CCCC[C@H](CN(C=O)OCc1ccccc1)C(=O)N[C@H](C(=O)OC1CCCC1)C(C)(C)C.CCCC[C@H](CN(O)C=O)C(=O)N[C@H](C(=O)OC1CCCC1)C(C)(C)C. The third-order valence-corrected chi connectivity index (χ3v) is 10.8. The molecule has 2 saturated carbocycles. The van der Waals surface area contributed by atoms with Crippen LogP contribution in [0.1, 0.15) is 151 Å². The summed E-state index contributed by atoms with van der Waals surface area (Å²) in [5.74, 6) is -2.47. The highest BCUT2D eigenvalue weighted by Crippen LogP contribution is 2.28. The normalized spacial score (nSPS) is 16.7. The van der Waals surface area contributed by atoms with Crippen LogP contribution in [0.5, 0.6) is 0 Å². The minimum absolute atomic E-state index is 0.0629. The summed E-state index contributed by atoms with van der Waals surface area (Å²) in [7, 11) is 0. The van der Waals surface area contributed by atoms with Crippen molar-refractivity contribution in [1.29, 1.82) is 0 Å². The van der Waals surface area contributed by atoms with Gasteiger partial charge >= 0.3 is 11.9 Å². The van der Waals surface area contributed by atoms with E-state index < -0.39 is 40.7 Å². The van der Waals surface area contributed by atoms with Crippen molar-refractivity contribution < 1.29 is 48.3 Å². The van der Waals surface area contributed by atoms with Crippen LogP contribution in [0.25, 0.3) is 0 Å². The van der Waals surface area contributed by atoms with E-state index in [0.717, 1.165) is 82.6 Å². The molecule has 0 aliphatic heterocycles. The van der Waals surface area contributed by atoms with Gasteiger partial charge < -0.3 is 20.1 Å². The van der Waals surface area contributed by atoms with Gasteiger partial charge in [0.25, 0.3) is 0 Å². The lowest BCUT2D eigenvalue weighted by molar-refractivity contribution is -0.182. The maximum absolute atomic E-state index is 13.3. The van der Waals surface area contributed by atoms with Crippen molar-refractivity contribution in [2.45, 2.75) is 176 Å². The van der Waals surface area contributed by atoms with E-state index in [1.54, 1.807) is 0 Å². The molecule has 14 heteroatoms. The largest absolute Gasteiger partial charge is 0.461 e. The molecule has 1 aromatic carbocycles. The summed E-state index contributed by atoms with van der Waals surface area (Å²) in [6.45, 7) is 15.7. The fraction of sp³-hybridized carbons (Fsp3) is 0.733. The number of carbonyl (C=O) groups excluding carboxylic acids is 6. The molecule has 4 amide bonds. The van der Waals surface area contributed by atoms with E-state index in [0.29, 0.717) is 24.3 Å². The Labute approximate surface area is 352 Å². The van der Waals surface area contributed by atoms with Crippen LogP contribution < -0.4 is 10.6 Å². The van der Waals surface area contributed by atoms with Crippen molar-refractivity contribution in [2.75, 3.05) is 13.1 Å². The van der Waals surface area contributed by atoms with E-state index in [9.17, 15) is 34.0 Å². The number of esters is 2. The summed E-state index contributed by atoms with van der Waals surface area (Å²) in [6, 6.07) is 8.00. The van der Waals surface area contributed by atoms with Gasteiger partial charge in [0, 0.05) is 0 Å². The maximum Gasteiger partial charge on any atom is 0.329 e. The number of hydroxylamine groups is 4. The third kappa shape index (κ3) is 19.3. The van der Waals surface area contributed by atoms with E-state index in [1.807, 2.05) is 78.8 Å². The second-order valence-electron chi connectivity index (χ2n) is 18.2. The Hall–Kier alpha value is -4.04. The van der Waals surface area contributed by atoms with Gasteiger partial charge in [0.05, 0.1) is 24.9 Å². The minimum atomic E-state index is -0.775. The zero-order valence-electron chi connectivity index (χ0n) is 37.0. The Morgan fingerprint density at radius 3 is 1.51 bits per heavy atom. The Balaban J connectivity index is 0.000000419. The zero-order valence-corrected chi connectivity index (χ0v) is 37.0. The van der Waals surface area contributed by atoms with Crippen LogP contribution in [-0.4, -0.2) is 89.3 Å². The van der Waals surface area contributed by atoms with Gasteiger partial charge in [0.2, 0.25) is 24.6 Å². The second kappa shape index (κ2) is 26.2. The molecule has 0 radical (unpaired) electrons. The Morgan fingerprint density at radius 2 is 1.14 bits per heavy atom. The van der Waals surface area contributed by atoms with E-state index >= 15 is 0 Å². The maximum atomic E-state index is 13.3. The zero-order chi connectivity index (χ0) is 44.0. The average molecular weight is 831 g/mol. The summed E-state index contributed by atoms with van der Waals surface area (Å²) in [4.78, 5) is 79.5. The number of hydrogen-bond donors (Lipinski definition) is 3. The highest BCUT2D eigenvalue weighted by molar-refractivity contribution is 5.87. The monoisotopic (exact) mass is 831 g/mol. The summed E-state index contributed by atoms with van der Waals surface area (Å²) in [5.41, 5.74) is -0.0830. The first kappa shape index (κ1) is 51.1. The van der Waals surface area contributed by atoms with E-state index in [1.165, 1.54) is 5.06 Å². The molecular formula is C45H74N4O10. The van der Waals surface area contributed by atoms with Crippen molar-refractivity contribution in [3.63, 3.8) is 0 Å². The van der Waals surface area contributed by atoms with Crippen molar-refractivity contribution in [2.24, 2.45) is 22.7 Å². The number of benzene rings is 1. The molecule has 1 aromatic rings. The Morgan fingerprint density at radius 1 is 0.712 bits per heavy atom. The van der Waals surface area contributed by atoms with Crippen LogP contribution in [0.3, 0.4) is 0 Å². The molecule has 0 saturated heterocycles. The number of rotatable bonds is 23. The predicted molar refractivity (Wildman–Crippen MR) is 224 cm³/mol.